The van der Waals surface area contributed by atoms with Gasteiger partial charge in [-0.3, -0.25) is 4.31 Å². The van der Waals surface area contributed by atoms with Gasteiger partial charge in [-0.2, -0.15) is 0 Å². The third-order valence-corrected chi connectivity index (χ3v) is 8.33. The topological polar surface area (TPSA) is 104 Å². The zero-order valence-corrected chi connectivity index (χ0v) is 19.0. The van der Waals surface area contributed by atoms with Gasteiger partial charge in [-0.05, 0) is 31.9 Å². The molecule has 3 aromatic rings. The van der Waals surface area contributed by atoms with Crippen molar-refractivity contribution in [2.24, 2.45) is 0 Å². The molecule has 10 heteroatoms. The number of morpholine rings is 1. The highest BCUT2D eigenvalue weighted by Crippen LogP contribution is 2.38. The summed E-state index contributed by atoms with van der Waals surface area (Å²) in [4.78, 5) is 19.3. The van der Waals surface area contributed by atoms with Gasteiger partial charge in [0, 0.05) is 36.9 Å². The summed E-state index contributed by atoms with van der Waals surface area (Å²) >= 11 is 0. The Morgan fingerprint density at radius 2 is 2.12 bits per heavy atom. The number of fused-ring (bicyclic) bond motifs is 1. The summed E-state index contributed by atoms with van der Waals surface area (Å²) in [5.74, 6) is 1.45. The van der Waals surface area contributed by atoms with Gasteiger partial charge in [0.15, 0.2) is 11.6 Å². The molecule has 1 saturated carbocycles. The number of nitrogens with one attached hydrogen (secondary N) is 1. The average molecular weight is 455 g/mol. The SMILES string of the molecule is C=Cc1c(N2CCOC[C@H]2C)nc(-c2ccnc3[nH]ccc23)nc1N(C)S(=O)(=O)C1CC1. The molecule has 5 rings (SSSR count). The number of H-pyrrole nitrogens is 1. The lowest BCUT2D eigenvalue weighted by molar-refractivity contribution is 0.0985. The largest absolute Gasteiger partial charge is 0.377 e. The summed E-state index contributed by atoms with van der Waals surface area (Å²) < 4.78 is 33.1. The van der Waals surface area contributed by atoms with Crippen LogP contribution in [0.25, 0.3) is 28.5 Å². The van der Waals surface area contributed by atoms with Gasteiger partial charge in [-0.1, -0.05) is 12.7 Å². The van der Waals surface area contributed by atoms with E-state index in [9.17, 15) is 8.42 Å². The van der Waals surface area contributed by atoms with Crippen LogP contribution in [0.15, 0.2) is 31.1 Å². The molecule has 0 unspecified atom stereocenters. The minimum absolute atomic E-state index is 0.0770. The fraction of sp³-hybridized carbons (Fsp3) is 0.409. The first kappa shape index (κ1) is 20.9. The number of aromatic nitrogens is 4. The van der Waals surface area contributed by atoms with Gasteiger partial charge in [0.25, 0.3) is 0 Å². The molecule has 168 valence electrons. The quantitative estimate of drug-likeness (QED) is 0.611. The molecule has 0 aromatic carbocycles. The van der Waals surface area contributed by atoms with Gasteiger partial charge in [-0.25, -0.2) is 23.4 Å². The summed E-state index contributed by atoms with van der Waals surface area (Å²) in [6, 6.07) is 3.85. The fourth-order valence-electron chi connectivity index (χ4n) is 4.12. The predicted octanol–water partition coefficient (Wildman–Crippen LogP) is 2.82. The highest BCUT2D eigenvalue weighted by molar-refractivity contribution is 7.93. The zero-order valence-electron chi connectivity index (χ0n) is 18.2. The third kappa shape index (κ3) is 3.43. The van der Waals surface area contributed by atoms with E-state index in [2.05, 4.69) is 28.4 Å². The van der Waals surface area contributed by atoms with Gasteiger partial charge in [0.1, 0.15) is 11.5 Å². The smallest absolute Gasteiger partial charge is 0.238 e. The van der Waals surface area contributed by atoms with Gasteiger partial charge >= 0.3 is 0 Å². The normalized spacial score (nSPS) is 19.3. The van der Waals surface area contributed by atoms with Crippen molar-refractivity contribution in [3.8, 4) is 11.4 Å². The van der Waals surface area contributed by atoms with Crippen LogP contribution in [0.5, 0.6) is 0 Å². The first-order valence-electron chi connectivity index (χ1n) is 10.7. The van der Waals surface area contributed by atoms with E-state index in [-0.39, 0.29) is 11.3 Å². The van der Waals surface area contributed by atoms with Gasteiger partial charge in [0.2, 0.25) is 10.0 Å². The Morgan fingerprint density at radius 3 is 2.84 bits per heavy atom. The fourth-order valence-corrected chi connectivity index (χ4v) is 5.68. The highest BCUT2D eigenvalue weighted by atomic mass is 32.2. The number of aromatic amines is 1. The van der Waals surface area contributed by atoms with Crippen LogP contribution in [0.1, 0.15) is 25.3 Å². The molecular formula is C22H26N6O3S. The Kier molecular flexibility index (Phi) is 5.13. The van der Waals surface area contributed by atoms with Crippen LogP contribution < -0.4 is 9.21 Å². The number of hydrogen-bond donors (Lipinski definition) is 1. The van der Waals surface area contributed by atoms with Crippen molar-refractivity contribution < 1.29 is 13.2 Å². The maximum absolute atomic E-state index is 13.1. The minimum Gasteiger partial charge on any atom is -0.377 e. The number of rotatable bonds is 6. The second-order valence-corrected chi connectivity index (χ2v) is 10.5. The first-order valence-corrected chi connectivity index (χ1v) is 12.2. The molecule has 1 saturated heterocycles. The van der Waals surface area contributed by atoms with Gasteiger partial charge in [0.05, 0.1) is 30.1 Å². The summed E-state index contributed by atoms with van der Waals surface area (Å²) in [7, 11) is -1.94. The number of ether oxygens (including phenoxy) is 1. The third-order valence-electron chi connectivity index (χ3n) is 6.08. The molecule has 2 fully saturated rings. The van der Waals surface area contributed by atoms with E-state index in [4.69, 9.17) is 14.7 Å². The Bertz CT molecular complexity index is 1280. The maximum Gasteiger partial charge on any atom is 0.238 e. The highest BCUT2D eigenvalue weighted by Gasteiger charge is 2.40. The van der Waals surface area contributed by atoms with Crippen molar-refractivity contribution in [3.63, 3.8) is 0 Å². The van der Waals surface area contributed by atoms with E-state index >= 15 is 0 Å². The Morgan fingerprint density at radius 1 is 1.31 bits per heavy atom. The monoisotopic (exact) mass is 454 g/mol. The Labute approximate surface area is 187 Å². The van der Waals surface area contributed by atoms with Crippen LogP contribution in [0.4, 0.5) is 11.6 Å². The second-order valence-electron chi connectivity index (χ2n) is 8.24. The predicted molar refractivity (Wildman–Crippen MR) is 125 cm³/mol. The van der Waals surface area contributed by atoms with Crippen LogP contribution in [0.3, 0.4) is 0 Å². The molecule has 4 heterocycles. The Hall–Kier alpha value is -2.98. The van der Waals surface area contributed by atoms with Crippen molar-refractivity contribution in [2.45, 2.75) is 31.1 Å². The number of sulfonamides is 1. The van der Waals surface area contributed by atoms with Crippen LogP contribution >= 0.6 is 0 Å². The molecule has 2 aliphatic rings. The molecule has 1 aliphatic heterocycles. The van der Waals surface area contributed by atoms with E-state index in [0.29, 0.717) is 55.6 Å². The van der Waals surface area contributed by atoms with Gasteiger partial charge < -0.3 is 14.6 Å². The first-order chi connectivity index (χ1) is 15.4. The molecule has 1 aliphatic carbocycles. The molecule has 1 N–H and O–H groups in total. The molecule has 32 heavy (non-hydrogen) atoms. The number of anilines is 2. The van der Waals surface area contributed by atoms with Crippen molar-refractivity contribution in [3.05, 3.63) is 36.7 Å². The maximum atomic E-state index is 13.1. The van der Waals surface area contributed by atoms with E-state index in [0.717, 1.165) is 16.6 Å². The average Bonchev–Trinajstić information content (AvgIpc) is 3.56. The van der Waals surface area contributed by atoms with Crippen molar-refractivity contribution in [1.29, 1.82) is 0 Å². The summed E-state index contributed by atoms with van der Waals surface area (Å²) in [6.45, 7) is 7.82. The summed E-state index contributed by atoms with van der Waals surface area (Å²) in [5, 5.41) is 0.519. The molecule has 9 nitrogen and oxygen atoms in total. The number of pyridine rings is 1. The lowest BCUT2D eigenvalue weighted by Gasteiger charge is -2.36. The molecule has 1 atom stereocenters. The standard InChI is InChI=1S/C22H26N6O3S/c1-4-16-21(27(3)32(29,30)15-5-6-15)25-20(18-8-10-24-19-17(18)7-9-23-19)26-22(16)28-11-12-31-13-14(28)2/h4,7-10,14-15H,1,5-6,11-13H2,2-3H3,(H,23,24)/t14-/m1/s1. The Balaban J connectivity index is 1.75. The van der Waals surface area contributed by atoms with E-state index in [1.165, 1.54) is 4.31 Å². The number of hydrogen-bond acceptors (Lipinski definition) is 7. The van der Waals surface area contributed by atoms with Crippen LogP contribution in [-0.4, -0.2) is 66.5 Å². The van der Waals surface area contributed by atoms with Crippen LogP contribution in [0.2, 0.25) is 0 Å². The molecule has 0 radical (unpaired) electrons. The van der Waals surface area contributed by atoms with Crippen molar-refractivity contribution in [1.82, 2.24) is 19.9 Å². The van der Waals surface area contributed by atoms with Crippen molar-refractivity contribution in [2.75, 3.05) is 36.0 Å². The van der Waals surface area contributed by atoms with Crippen molar-refractivity contribution >= 4 is 38.8 Å². The zero-order chi connectivity index (χ0) is 22.5. The number of nitrogens with zero attached hydrogens (tertiary/aromatic N) is 5. The van der Waals surface area contributed by atoms with Crippen LogP contribution in [0, 0.1) is 0 Å². The molecule has 0 bridgehead atoms. The molecular weight excluding hydrogens is 428 g/mol. The molecule has 0 amide bonds. The van der Waals surface area contributed by atoms with E-state index in [1.807, 2.05) is 18.3 Å². The molecule has 0 spiro atoms. The van der Waals surface area contributed by atoms with E-state index < -0.39 is 10.0 Å². The summed E-state index contributed by atoms with van der Waals surface area (Å²) in [5.41, 5.74) is 2.11. The lowest BCUT2D eigenvalue weighted by Crippen LogP contribution is -2.45. The molecule has 3 aromatic heterocycles. The lowest BCUT2D eigenvalue weighted by atomic mass is 10.1. The van der Waals surface area contributed by atoms with Gasteiger partial charge in [-0.15, -0.1) is 0 Å². The van der Waals surface area contributed by atoms with Crippen LogP contribution in [-0.2, 0) is 14.8 Å². The second kappa shape index (κ2) is 7.86. The summed E-state index contributed by atoms with van der Waals surface area (Å²) in [6.07, 6.45) is 6.51. The minimum atomic E-state index is -3.51. The van der Waals surface area contributed by atoms with E-state index in [1.54, 1.807) is 19.3 Å².